The molecule has 5 heteroatoms. The SMILES string of the molecule is Fc1ccc(OC2CCNC2)c(F)c1F. The highest BCUT2D eigenvalue weighted by Gasteiger charge is 2.20. The van der Waals surface area contributed by atoms with Crippen LogP contribution in [0.15, 0.2) is 12.1 Å². The molecule has 1 aliphatic heterocycles. The fourth-order valence-electron chi connectivity index (χ4n) is 1.51. The summed E-state index contributed by atoms with van der Waals surface area (Å²) in [6.45, 7) is 1.38. The number of nitrogens with one attached hydrogen (secondary N) is 1. The molecule has 0 bridgehead atoms. The summed E-state index contributed by atoms with van der Waals surface area (Å²) in [7, 11) is 0. The van der Waals surface area contributed by atoms with Crippen LogP contribution in [0.4, 0.5) is 13.2 Å². The highest BCUT2D eigenvalue weighted by molar-refractivity contribution is 5.26. The smallest absolute Gasteiger partial charge is 0.203 e. The first kappa shape index (κ1) is 10.3. The second-order valence-corrected chi connectivity index (χ2v) is 3.41. The second kappa shape index (κ2) is 4.10. The topological polar surface area (TPSA) is 21.3 Å². The quantitative estimate of drug-likeness (QED) is 0.763. The zero-order valence-electron chi connectivity index (χ0n) is 7.90. The van der Waals surface area contributed by atoms with Gasteiger partial charge in [-0.25, -0.2) is 8.78 Å². The molecule has 0 amide bonds. The molecular formula is C10H10F3NO. The molecule has 1 aromatic carbocycles. The van der Waals surface area contributed by atoms with Crippen LogP contribution in [-0.4, -0.2) is 19.2 Å². The number of halogens is 3. The lowest BCUT2D eigenvalue weighted by atomic mass is 10.3. The number of benzene rings is 1. The Morgan fingerprint density at radius 2 is 2.00 bits per heavy atom. The van der Waals surface area contributed by atoms with Gasteiger partial charge in [-0.2, -0.15) is 4.39 Å². The summed E-state index contributed by atoms with van der Waals surface area (Å²) < 4.78 is 43.8. The van der Waals surface area contributed by atoms with Gasteiger partial charge >= 0.3 is 0 Å². The van der Waals surface area contributed by atoms with E-state index in [1.807, 2.05) is 0 Å². The number of rotatable bonds is 2. The maximum atomic E-state index is 13.2. The van der Waals surface area contributed by atoms with Crippen molar-refractivity contribution in [3.05, 3.63) is 29.6 Å². The van der Waals surface area contributed by atoms with E-state index in [9.17, 15) is 13.2 Å². The summed E-state index contributed by atoms with van der Waals surface area (Å²) in [4.78, 5) is 0. The predicted molar refractivity (Wildman–Crippen MR) is 48.2 cm³/mol. The fraction of sp³-hybridized carbons (Fsp3) is 0.400. The largest absolute Gasteiger partial charge is 0.486 e. The van der Waals surface area contributed by atoms with Gasteiger partial charge in [0.1, 0.15) is 6.10 Å². The van der Waals surface area contributed by atoms with Crippen molar-refractivity contribution < 1.29 is 17.9 Å². The van der Waals surface area contributed by atoms with Crippen molar-refractivity contribution in [3.8, 4) is 5.75 Å². The molecule has 0 spiro atoms. The van der Waals surface area contributed by atoms with E-state index in [0.717, 1.165) is 25.1 Å². The van der Waals surface area contributed by atoms with Crippen molar-refractivity contribution >= 4 is 0 Å². The molecule has 1 saturated heterocycles. The Labute approximate surface area is 85.0 Å². The van der Waals surface area contributed by atoms with Crippen molar-refractivity contribution in [2.75, 3.05) is 13.1 Å². The van der Waals surface area contributed by atoms with Crippen molar-refractivity contribution in [2.45, 2.75) is 12.5 Å². The van der Waals surface area contributed by atoms with Crippen molar-refractivity contribution in [1.82, 2.24) is 5.32 Å². The van der Waals surface area contributed by atoms with Crippen molar-refractivity contribution in [2.24, 2.45) is 0 Å². The van der Waals surface area contributed by atoms with Gasteiger partial charge in [0.15, 0.2) is 17.4 Å². The van der Waals surface area contributed by atoms with E-state index < -0.39 is 17.5 Å². The first-order valence-corrected chi connectivity index (χ1v) is 4.69. The first-order chi connectivity index (χ1) is 7.18. The van der Waals surface area contributed by atoms with E-state index in [1.54, 1.807) is 0 Å². The number of hydrogen-bond donors (Lipinski definition) is 1. The van der Waals surface area contributed by atoms with E-state index in [4.69, 9.17) is 4.74 Å². The monoisotopic (exact) mass is 217 g/mol. The van der Waals surface area contributed by atoms with Gasteiger partial charge in [-0.15, -0.1) is 0 Å². The van der Waals surface area contributed by atoms with Gasteiger partial charge in [0.25, 0.3) is 0 Å². The molecule has 0 radical (unpaired) electrons. The molecule has 2 nitrogen and oxygen atoms in total. The highest BCUT2D eigenvalue weighted by atomic mass is 19.2. The third-order valence-electron chi connectivity index (χ3n) is 2.31. The molecule has 0 aliphatic carbocycles. The minimum absolute atomic E-state index is 0.177. The Morgan fingerprint density at radius 1 is 1.20 bits per heavy atom. The van der Waals surface area contributed by atoms with Gasteiger partial charge in [0, 0.05) is 6.54 Å². The Bertz CT molecular complexity index is 364. The first-order valence-electron chi connectivity index (χ1n) is 4.69. The molecule has 2 rings (SSSR count). The normalized spacial score (nSPS) is 20.6. The van der Waals surface area contributed by atoms with Crippen LogP contribution in [0.1, 0.15) is 6.42 Å². The second-order valence-electron chi connectivity index (χ2n) is 3.41. The van der Waals surface area contributed by atoms with Crippen molar-refractivity contribution in [1.29, 1.82) is 0 Å². The van der Waals surface area contributed by atoms with E-state index in [2.05, 4.69) is 5.32 Å². The highest BCUT2D eigenvalue weighted by Crippen LogP contribution is 2.23. The molecule has 1 aliphatic rings. The van der Waals surface area contributed by atoms with E-state index in [-0.39, 0.29) is 11.9 Å². The number of ether oxygens (including phenoxy) is 1. The average molecular weight is 217 g/mol. The Morgan fingerprint density at radius 3 is 2.67 bits per heavy atom. The molecule has 0 saturated carbocycles. The molecule has 82 valence electrons. The zero-order chi connectivity index (χ0) is 10.8. The summed E-state index contributed by atoms with van der Waals surface area (Å²) in [5.41, 5.74) is 0. The Hall–Kier alpha value is -1.23. The van der Waals surface area contributed by atoms with Gasteiger partial charge in [0.2, 0.25) is 5.82 Å². The van der Waals surface area contributed by atoms with Crippen LogP contribution in [0.25, 0.3) is 0 Å². The molecule has 1 heterocycles. The summed E-state index contributed by atoms with van der Waals surface area (Å²) in [6, 6.07) is 1.96. The van der Waals surface area contributed by atoms with Crippen LogP contribution < -0.4 is 10.1 Å². The lowest BCUT2D eigenvalue weighted by Gasteiger charge is -2.13. The predicted octanol–water partition coefficient (Wildman–Crippen LogP) is 1.84. The Kier molecular flexibility index (Phi) is 2.81. The third-order valence-corrected chi connectivity index (χ3v) is 2.31. The van der Waals surface area contributed by atoms with E-state index >= 15 is 0 Å². The average Bonchev–Trinajstić information content (AvgIpc) is 2.72. The van der Waals surface area contributed by atoms with Gasteiger partial charge in [-0.05, 0) is 25.1 Å². The zero-order valence-corrected chi connectivity index (χ0v) is 7.90. The molecule has 0 aromatic heterocycles. The molecule has 1 aromatic rings. The van der Waals surface area contributed by atoms with Crippen LogP contribution in [0.2, 0.25) is 0 Å². The van der Waals surface area contributed by atoms with Gasteiger partial charge in [0.05, 0.1) is 0 Å². The Balaban J connectivity index is 2.17. The molecule has 15 heavy (non-hydrogen) atoms. The third kappa shape index (κ3) is 2.07. The van der Waals surface area contributed by atoms with Gasteiger partial charge in [-0.3, -0.25) is 0 Å². The van der Waals surface area contributed by atoms with Crippen LogP contribution in [0, 0.1) is 17.5 Å². The summed E-state index contributed by atoms with van der Waals surface area (Å²) in [6.07, 6.45) is 0.558. The van der Waals surface area contributed by atoms with Gasteiger partial charge in [-0.1, -0.05) is 0 Å². The summed E-state index contributed by atoms with van der Waals surface area (Å²) in [5.74, 6) is -4.19. The molecule has 1 N–H and O–H groups in total. The molecule has 1 atom stereocenters. The standard InChI is InChI=1S/C10H10F3NO/c11-7-1-2-8(10(13)9(7)12)15-6-3-4-14-5-6/h1-2,6,14H,3-5H2. The maximum Gasteiger partial charge on any atom is 0.203 e. The van der Waals surface area contributed by atoms with Crippen molar-refractivity contribution in [3.63, 3.8) is 0 Å². The van der Waals surface area contributed by atoms with Crippen LogP contribution >= 0.6 is 0 Å². The fourth-order valence-corrected chi connectivity index (χ4v) is 1.51. The van der Waals surface area contributed by atoms with E-state index in [0.29, 0.717) is 6.54 Å². The number of hydrogen-bond acceptors (Lipinski definition) is 2. The summed E-state index contributed by atoms with van der Waals surface area (Å²) >= 11 is 0. The van der Waals surface area contributed by atoms with E-state index in [1.165, 1.54) is 0 Å². The van der Waals surface area contributed by atoms with Gasteiger partial charge < -0.3 is 10.1 Å². The van der Waals surface area contributed by atoms with Crippen LogP contribution in [0.3, 0.4) is 0 Å². The van der Waals surface area contributed by atoms with Crippen LogP contribution in [-0.2, 0) is 0 Å². The molecule has 1 unspecified atom stereocenters. The lowest BCUT2D eigenvalue weighted by molar-refractivity contribution is 0.209. The molecule has 1 fully saturated rings. The maximum absolute atomic E-state index is 13.2. The molecular weight excluding hydrogens is 207 g/mol. The summed E-state index contributed by atoms with van der Waals surface area (Å²) in [5, 5.41) is 3.02. The van der Waals surface area contributed by atoms with Crippen LogP contribution in [0.5, 0.6) is 5.75 Å². The lowest BCUT2D eigenvalue weighted by Crippen LogP contribution is -2.20. The minimum Gasteiger partial charge on any atom is -0.486 e. The minimum atomic E-state index is -1.49.